The SMILES string of the molecule is O=C([C@@H](Cc1ccc2nc(C(F)(F)F)[nH]c2c1)N1CCC(N2Cc3ccccc3NC2=O)CC1)N1CCC(N2CCCCC2)CC1. The maximum Gasteiger partial charge on any atom is 0.449 e. The number of nitrogens with one attached hydrogen (secondary N) is 2. The molecule has 2 N–H and O–H groups in total. The molecule has 3 fully saturated rings. The Morgan fingerprint density at radius 3 is 2.37 bits per heavy atom. The molecule has 246 valence electrons. The lowest BCUT2D eigenvalue weighted by molar-refractivity contribution is -0.144. The Bertz CT molecular complexity index is 1550. The van der Waals surface area contributed by atoms with Crippen LogP contribution in [0.15, 0.2) is 42.5 Å². The number of carbonyl (C=O) groups excluding carboxylic acids is 2. The third-order valence-electron chi connectivity index (χ3n) is 10.5. The first-order chi connectivity index (χ1) is 22.2. The van der Waals surface area contributed by atoms with Crippen LogP contribution < -0.4 is 5.32 Å². The van der Waals surface area contributed by atoms with E-state index in [-0.39, 0.29) is 23.5 Å². The van der Waals surface area contributed by atoms with Gasteiger partial charge in [-0.3, -0.25) is 9.69 Å². The predicted molar refractivity (Wildman–Crippen MR) is 169 cm³/mol. The third kappa shape index (κ3) is 6.46. The van der Waals surface area contributed by atoms with Crippen LogP contribution in [0.3, 0.4) is 0 Å². The number of para-hydroxylation sites is 1. The van der Waals surface area contributed by atoms with Crippen molar-refractivity contribution in [1.29, 1.82) is 0 Å². The minimum absolute atomic E-state index is 0.0581. The molecule has 46 heavy (non-hydrogen) atoms. The maximum atomic E-state index is 14.3. The highest BCUT2D eigenvalue weighted by Crippen LogP contribution is 2.31. The molecule has 5 heterocycles. The van der Waals surface area contributed by atoms with E-state index < -0.39 is 18.0 Å². The summed E-state index contributed by atoms with van der Waals surface area (Å²) in [6.07, 6.45) is 3.03. The van der Waals surface area contributed by atoms with E-state index in [9.17, 15) is 22.8 Å². The number of likely N-dealkylation sites (tertiary alicyclic amines) is 3. The number of halogens is 3. The molecule has 0 bridgehead atoms. The maximum absolute atomic E-state index is 14.3. The van der Waals surface area contributed by atoms with Gasteiger partial charge in [0.25, 0.3) is 0 Å². The molecular weight excluding hydrogens is 595 g/mol. The molecule has 0 radical (unpaired) electrons. The highest BCUT2D eigenvalue weighted by atomic mass is 19.4. The smallest absolute Gasteiger partial charge is 0.341 e. The average molecular weight is 638 g/mol. The zero-order valence-electron chi connectivity index (χ0n) is 26.1. The van der Waals surface area contributed by atoms with Crippen LogP contribution in [-0.2, 0) is 23.9 Å². The Labute approximate surface area is 267 Å². The van der Waals surface area contributed by atoms with Crippen molar-refractivity contribution in [2.45, 2.75) is 82.2 Å². The van der Waals surface area contributed by atoms with Crippen molar-refractivity contribution < 1.29 is 22.8 Å². The number of amides is 3. The predicted octanol–water partition coefficient (Wildman–Crippen LogP) is 5.48. The van der Waals surface area contributed by atoms with Gasteiger partial charge in [-0.1, -0.05) is 30.7 Å². The largest absolute Gasteiger partial charge is 0.449 e. The van der Waals surface area contributed by atoms with E-state index in [0.717, 1.165) is 68.7 Å². The Morgan fingerprint density at radius 2 is 1.63 bits per heavy atom. The van der Waals surface area contributed by atoms with Crippen LogP contribution in [0, 0.1) is 0 Å². The van der Waals surface area contributed by atoms with Gasteiger partial charge < -0.3 is 25.0 Å². The van der Waals surface area contributed by atoms with Gasteiger partial charge in [-0.05, 0) is 87.4 Å². The number of benzene rings is 2. The molecule has 0 aliphatic carbocycles. The first kappa shape index (κ1) is 31.0. The lowest BCUT2D eigenvalue weighted by Gasteiger charge is -2.44. The number of aromatic amines is 1. The van der Waals surface area contributed by atoms with Gasteiger partial charge in [0.05, 0.1) is 17.1 Å². The number of nitrogens with zero attached hydrogens (tertiary/aromatic N) is 5. The Kier molecular flexibility index (Phi) is 8.67. The van der Waals surface area contributed by atoms with Gasteiger partial charge in [0.1, 0.15) is 0 Å². The molecule has 0 spiro atoms. The number of piperidine rings is 3. The summed E-state index contributed by atoms with van der Waals surface area (Å²) in [6.45, 7) is 5.59. The summed E-state index contributed by atoms with van der Waals surface area (Å²) < 4.78 is 40.0. The first-order valence-electron chi connectivity index (χ1n) is 16.7. The lowest BCUT2D eigenvalue weighted by Crippen LogP contribution is -2.57. The number of rotatable bonds is 6. The molecule has 4 aliphatic rings. The molecule has 3 amide bonds. The zero-order chi connectivity index (χ0) is 31.8. The zero-order valence-corrected chi connectivity index (χ0v) is 26.1. The first-order valence-corrected chi connectivity index (χ1v) is 16.7. The minimum Gasteiger partial charge on any atom is -0.341 e. The van der Waals surface area contributed by atoms with E-state index in [2.05, 4.69) is 25.1 Å². The molecule has 1 atom stereocenters. The van der Waals surface area contributed by atoms with Gasteiger partial charge >= 0.3 is 12.2 Å². The van der Waals surface area contributed by atoms with Crippen molar-refractivity contribution in [2.75, 3.05) is 44.6 Å². The van der Waals surface area contributed by atoms with Crippen molar-refractivity contribution in [1.82, 2.24) is 29.6 Å². The van der Waals surface area contributed by atoms with E-state index in [1.165, 1.54) is 19.3 Å². The number of aromatic nitrogens is 2. The number of H-pyrrole nitrogens is 1. The number of carbonyl (C=O) groups is 2. The number of alkyl halides is 3. The van der Waals surface area contributed by atoms with Gasteiger partial charge in [0.15, 0.2) is 0 Å². The van der Waals surface area contributed by atoms with Crippen molar-refractivity contribution >= 4 is 28.7 Å². The molecule has 4 aliphatic heterocycles. The monoisotopic (exact) mass is 637 g/mol. The molecule has 9 nitrogen and oxygen atoms in total. The van der Waals surface area contributed by atoms with E-state index in [0.29, 0.717) is 37.6 Å². The van der Waals surface area contributed by atoms with Crippen molar-refractivity contribution in [3.63, 3.8) is 0 Å². The van der Waals surface area contributed by atoms with E-state index in [1.807, 2.05) is 34.1 Å². The third-order valence-corrected chi connectivity index (χ3v) is 10.5. The number of hydrogen-bond donors (Lipinski definition) is 2. The molecule has 2 aromatic carbocycles. The molecule has 7 rings (SSSR count). The van der Waals surface area contributed by atoms with Crippen LogP contribution in [0.5, 0.6) is 0 Å². The average Bonchev–Trinajstić information content (AvgIpc) is 3.52. The second-order valence-corrected chi connectivity index (χ2v) is 13.3. The number of hydrogen-bond acceptors (Lipinski definition) is 5. The number of urea groups is 1. The Balaban J connectivity index is 1.07. The number of anilines is 1. The molecule has 1 aromatic heterocycles. The van der Waals surface area contributed by atoms with Crippen LogP contribution in [0.25, 0.3) is 11.0 Å². The summed E-state index contributed by atoms with van der Waals surface area (Å²) in [5.41, 5.74) is 3.30. The summed E-state index contributed by atoms with van der Waals surface area (Å²) in [5.74, 6) is -0.934. The summed E-state index contributed by atoms with van der Waals surface area (Å²) in [4.78, 5) is 42.1. The van der Waals surface area contributed by atoms with E-state index in [1.54, 1.807) is 18.2 Å². The highest BCUT2D eigenvalue weighted by Gasteiger charge is 2.38. The quantitative estimate of drug-likeness (QED) is 0.374. The minimum atomic E-state index is -4.56. The Hall–Kier alpha value is -3.64. The van der Waals surface area contributed by atoms with Crippen molar-refractivity contribution in [2.24, 2.45) is 0 Å². The second-order valence-electron chi connectivity index (χ2n) is 13.3. The Morgan fingerprint density at radius 1 is 0.913 bits per heavy atom. The lowest BCUT2D eigenvalue weighted by atomic mass is 9.95. The second kappa shape index (κ2) is 12.9. The molecule has 12 heteroatoms. The van der Waals surface area contributed by atoms with Gasteiger partial charge in [-0.2, -0.15) is 13.2 Å². The van der Waals surface area contributed by atoms with E-state index in [4.69, 9.17) is 0 Å². The molecular formula is C34H42F3N7O2. The summed E-state index contributed by atoms with van der Waals surface area (Å²) in [7, 11) is 0. The normalized spacial score (nSPS) is 21.8. The number of fused-ring (bicyclic) bond motifs is 2. The number of imidazole rings is 1. The molecule has 0 unspecified atom stereocenters. The van der Waals surface area contributed by atoms with Gasteiger partial charge in [-0.25, -0.2) is 9.78 Å². The van der Waals surface area contributed by atoms with Crippen LogP contribution in [0.1, 0.15) is 61.9 Å². The molecule has 0 saturated carbocycles. The van der Waals surface area contributed by atoms with Crippen LogP contribution in [-0.4, -0.2) is 98.9 Å². The van der Waals surface area contributed by atoms with E-state index >= 15 is 0 Å². The fourth-order valence-corrected chi connectivity index (χ4v) is 7.89. The van der Waals surface area contributed by atoms with Gasteiger partial charge in [0.2, 0.25) is 11.7 Å². The fraction of sp³-hybridized carbons (Fsp3) is 0.559. The summed E-state index contributed by atoms with van der Waals surface area (Å²) >= 11 is 0. The summed E-state index contributed by atoms with van der Waals surface area (Å²) in [5, 5.41) is 3.02. The van der Waals surface area contributed by atoms with Gasteiger partial charge in [0, 0.05) is 50.5 Å². The van der Waals surface area contributed by atoms with Crippen molar-refractivity contribution in [3.05, 3.63) is 59.4 Å². The standard InChI is InChI=1S/C34H42F3N7O2/c35-34(36,37)32-38-28-9-8-23(20-29(28)39-32)21-30(31(45)43-18-10-25(11-19-43)41-14-4-1-5-15-41)42-16-12-26(13-17-42)44-22-24-6-2-3-7-27(24)40-33(44)46/h2-3,6-9,20,25-26,30H,1,4-5,10-19,21-22H2,(H,38,39)(H,40,46)/t30-/m1/s1. The van der Waals surface area contributed by atoms with Crippen LogP contribution in [0.2, 0.25) is 0 Å². The van der Waals surface area contributed by atoms with Gasteiger partial charge in [-0.15, -0.1) is 0 Å². The molecule has 3 aromatic rings. The highest BCUT2D eigenvalue weighted by molar-refractivity contribution is 5.92. The topological polar surface area (TPSA) is 87.8 Å². The van der Waals surface area contributed by atoms with Crippen LogP contribution >= 0.6 is 0 Å². The summed E-state index contributed by atoms with van der Waals surface area (Å²) in [6, 6.07) is 13.0. The van der Waals surface area contributed by atoms with Crippen molar-refractivity contribution in [3.8, 4) is 0 Å². The molecule has 3 saturated heterocycles. The van der Waals surface area contributed by atoms with Crippen LogP contribution in [0.4, 0.5) is 23.7 Å². The fourth-order valence-electron chi connectivity index (χ4n) is 7.89.